The highest BCUT2D eigenvalue weighted by Gasteiger charge is 2.55. The molecule has 1 aliphatic rings. The minimum Gasteiger partial charge on any atom is -0.459 e. The number of benzene rings is 1. The third-order valence-electron chi connectivity index (χ3n) is 4.95. The standard InChI is InChI=1S/C22H28N2O5/c1-16(2)13-22(24(27)28,14-17(3)4)21(26)23-12-8-11-19(23)20(25)29-15-18-9-6-5-7-10-18/h5-7,9-10,19H,1,3,8,11-15H2,2,4H3/t19-/m0/s1. The molecule has 0 aromatic heterocycles. The fraction of sp³-hybridized carbons (Fsp3) is 0.455. The van der Waals surface area contributed by atoms with Crippen LogP contribution in [0, 0.1) is 10.1 Å². The van der Waals surface area contributed by atoms with E-state index in [0.717, 1.165) is 5.56 Å². The minimum absolute atomic E-state index is 0.0934. The Labute approximate surface area is 171 Å². The second-order valence-electron chi connectivity index (χ2n) is 7.81. The molecule has 0 N–H and O–H groups in total. The van der Waals surface area contributed by atoms with Crippen LogP contribution in [0.15, 0.2) is 54.6 Å². The summed E-state index contributed by atoms with van der Waals surface area (Å²) in [6.45, 7) is 11.2. The number of amides is 1. The summed E-state index contributed by atoms with van der Waals surface area (Å²) in [6.07, 6.45) is 0.806. The van der Waals surface area contributed by atoms with Crippen molar-refractivity contribution in [1.82, 2.24) is 4.90 Å². The van der Waals surface area contributed by atoms with Gasteiger partial charge in [0.15, 0.2) is 0 Å². The summed E-state index contributed by atoms with van der Waals surface area (Å²) in [5.41, 5.74) is -0.0155. The van der Waals surface area contributed by atoms with Crippen molar-refractivity contribution in [3.63, 3.8) is 0 Å². The van der Waals surface area contributed by atoms with E-state index in [1.807, 2.05) is 30.3 Å². The van der Waals surface area contributed by atoms with Crippen LogP contribution < -0.4 is 0 Å². The van der Waals surface area contributed by atoms with Crippen molar-refractivity contribution in [2.75, 3.05) is 6.54 Å². The van der Waals surface area contributed by atoms with E-state index in [9.17, 15) is 19.7 Å². The van der Waals surface area contributed by atoms with E-state index in [1.54, 1.807) is 13.8 Å². The lowest BCUT2D eigenvalue weighted by atomic mass is 9.84. The molecule has 2 rings (SSSR count). The summed E-state index contributed by atoms with van der Waals surface area (Å²) < 4.78 is 5.39. The second-order valence-corrected chi connectivity index (χ2v) is 7.81. The van der Waals surface area contributed by atoms with E-state index in [-0.39, 0.29) is 26.0 Å². The first-order chi connectivity index (χ1) is 13.7. The largest absolute Gasteiger partial charge is 0.459 e. The summed E-state index contributed by atoms with van der Waals surface area (Å²) in [6, 6.07) is 8.40. The van der Waals surface area contributed by atoms with Gasteiger partial charge in [0.2, 0.25) is 0 Å². The molecule has 1 saturated heterocycles. The van der Waals surface area contributed by atoms with Gasteiger partial charge in [-0.25, -0.2) is 4.79 Å². The zero-order valence-electron chi connectivity index (χ0n) is 17.1. The average Bonchev–Trinajstić information content (AvgIpc) is 3.14. The monoisotopic (exact) mass is 400 g/mol. The first kappa shape index (κ1) is 22.3. The molecule has 0 bridgehead atoms. The molecule has 0 saturated carbocycles. The molecule has 7 heteroatoms. The van der Waals surface area contributed by atoms with Gasteiger partial charge in [-0.3, -0.25) is 14.9 Å². The summed E-state index contributed by atoms with van der Waals surface area (Å²) in [5.74, 6) is -1.21. The number of hydrogen-bond acceptors (Lipinski definition) is 5. The Bertz CT molecular complexity index is 787. The van der Waals surface area contributed by atoms with Gasteiger partial charge < -0.3 is 9.64 Å². The number of carbonyl (C=O) groups is 2. The Kier molecular flexibility index (Phi) is 7.31. The van der Waals surface area contributed by atoms with Crippen LogP contribution >= 0.6 is 0 Å². The molecule has 1 fully saturated rings. The smallest absolute Gasteiger partial charge is 0.329 e. The van der Waals surface area contributed by atoms with Crippen molar-refractivity contribution in [2.24, 2.45) is 0 Å². The molecule has 1 heterocycles. The fourth-order valence-corrected chi connectivity index (χ4v) is 3.77. The van der Waals surface area contributed by atoms with Gasteiger partial charge >= 0.3 is 17.4 Å². The number of likely N-dealkylation sites (tertiary alicyclic amines) is 1. The zero-order chi connectivity index (χ0) is 21.6. The lowest BCUT2D eigenvalue weighted by Gasteiger charge is -2.31. The highest BCUT2D eigenvalue weighted by molar-refractivity contribution is 5.90. The van der Waals surface area contributed by atoms with Crippen molar-refractivity contribution in [1.29, 1.82) is 0 Å². The minimum atomic E-state index is -1.90. The number of hydrogen-bond donors (Lipinski definition) is 0. The molecule has 156 valence electrons. The van der Waals surface area contributed by atoms with Gasteiger partial charge in [-0.2, -0.15) is 0 Å². The summed E-state index contributed by atoms with van der Waals surface area (Å²) in [4.78, 5) is 38.8. The number of ether oxygens (including phenoxy) is 1. The van der Waals surface area contributed by atoms with E-state index < -0.39 is 28.4 Å². The highest BCUT2D eigenvalue weighted by Crippen LogP contribution is 2.32. The number of esters is 1. The predicted octanol–water partition coefficient (Wildman–Crippen LogP) is 3.67. The normalized spacial score (nSPS) is 16.3. The molecule has 29 heavy (non-hydrogen) atoms. The third-order valence-corrected chi connectivity index (χ3v) is 4.95. The third kappa shape index (κ3) is 5.31. The van der Waals surface area contributed by atoms with Crippen molar-refractivity contribution in [3.8, 4) is 0 Å². The topological polar surface area (TPSA) is 89.8 Å². The first-order valence-corrected chi connectivity index (χ1v) is 9.62. The Hall–Kier alpha value is -2.96. The maximum absolute atomic E-state index is 13.4. The molecule has 1 aliphatic heterocycles. The van der Waals surface area contributed by atoms with E-state index in [1.165, 1.54) is 4.90 Å². The van der Waals surface area contributed by atoms with E-state index >= 15 is 0 Å². The van der Waals surface area contributed by atoms with Crippen molar-refractivity contribution < 1.29 is 19.2 Å². The van der Waals surface area contributed by atoms with Crippen LogP contribution in [-0.4, -0.2) is 39.8 Å². The molecule has 7 nitrogen and oxygen atoms in total. The summed E-state index contributed by atoms with van der Waals surface area (Å²) >= 11 is 0. The molecule has 0 aliphatic carbocycles. The maximum Gasteiger partial charge on any atom is 0.329 e. The predicted molar refractivity (Wildman–Crippen MR) is 110 cm³/mol. The van der Waals surface area contributed by atoms with E-state index in [4.69, 9.17) is 4.74 Å². The van der Waals surface area contributed by atoms with Gasteiger partial charge in [-0.15, -0.1) is 0 Å². The maximum atomic E-state index is 13.4. The van der Waals surface area contributed by atoms with Gasteiger partial charge in [0.05, 0.1) is 0 Å². The van der Waals surface area contributed by atoms with Gasteiger partial charge in [-0.1, -0.05) is 54.6 Å². The fourth-order valence-electron chi connectivity index (χ4n) is 3.77. The molecule has 1 aromatic rings. The number of nitrogens with zero attached hydrogens (tertiary/aromatic N) is 2. The molecule has 1 aromatic carbocycles. The molecule has 1 atom stereocenters. The quantitative estimate of drug-likeness (QED) is 0.273. The van der Waals surface area contributed by atoms with Crippen molar-refractivity contribution >= 4 is 11.9 Å². The lowest BCUT2D eigenvalue weighted by Crippen LogP contribution is -2.57. The van der Waals surface area contributed by atoms with Crippen molar-refractivity contribution in [2.45, 2.75) is 57.7 Å². The molecular weight excluding hydrogens is 372 g/mol. The molecular formula is C22H28N2O5. The molecule has 1 amide bonds. The van der Waals surface area contributed by atoms with E-state index in [0.29, 0.717) is 24.0 Å². The Morgan fingerprint density at radius 2 is 1.79 bits per heavy atom. The Morgan fingerprint density at radius 1 is 1.21 bits per heavy atom. The Balaban J connectivity index is 2.22. The number of rotatable bonds is 9. The Morgan fingerprint density at radius 3 is 2.31 bits per heavy atom. The van der Waals surface area contributed by atoms with Gasteiger partial charge in [-0.05, 0) is 32.3 Å². The number of carbonyl (C=O) groups excluding carboxylic acids is 2. The van der Waals surface area contributed by atoms with Crippen LogP contribution in [0.4, 0.5) is 0 Å². The van der Waals surface area contributed by atoms with Gasteiger partial charge in [0.25, 0.3) is 0 Å². The van der Waals surface area contributed by atoms with Crippen LogP contribution in [0.1, 0.15) is 45.1 Å². The van der Waals surface area contributed by atoms with E-state index in [2.05, 4.69) is 13.2 Å². The number of nitro groups is 1. The van der Waals surface area contributed by atoms with Gasteiger partial charge in [0.1, 0.15) is 12.6 Å². The van der Waals surface area contributed by atoms with Crippen molar-refractivity contribution in [3.05, 3.63) is 70.3 Å². The van der Waals surface area contributed by atoms with Crippen LogP contribution in [0.2, 0.25) is 0 Å². The SMILES string of the molecule is C=C(C)CC(CC(=C)C)(C(=O)N1CCC[C@H]1C(=O)OCc1ccccc1)[N+](=O)[O-]. The molecule has 0 spiro atoms. The lowest BCUT2D eigenvalue weighted by molar-refractivity contribution is -0.553. The van der Waals surface area contributed by atoms with Crippen LogP contribution in [-0.2, 0) is 20.9 Å². The molecule has 0 radical (unpaired) electrons. The van der Waals surface area contributed by atoms with Crippen LogP contribution in [0.25, 0.3) is 0 Å². The van der Waals surface area contributed by atoms with Gasteiger partial charge in [0, 0.05) is 24.3 Å². The van der Waals surface area contributed by atoms with Crippen LogP contribution in [0.5, 0.6) is 0 Å². The molecule has 0 unspecified atom stereocenters. The zero-order valence-corrected chi connectivity index (χ0v) is 17.1. The second kappa shape index (κ2) is 9.49. The highest BCUT2D eigenvalue weighted by atomic mass is 16.6. The summed E-state index contributed by atoms with van der Waals surface area (Å²) in [5, 5.41) is 12.0. The average molecular weight is 400 g/mol. The summed E-state index contributed by atoms with van der Waals surface area (Å²) in [7, 11) is 0. The van der Waals surface area contributed by atoms with Crippen LogP contribution in [0.3, 0.4) is 0 Å². The first-order valence-electron chi connectivity index (χ1n) is 9.62.